The fourth-order valence-electron chi connectivity index (χ4n) is 2.24. The summed E-state index contributed by atoms with van der Waals surface area (Å²) in [6, 6.07) is 0. The molecule has 0 unspecified atom stereocenters. The van der Waals surface area contributed by atoms with Crippen LogP contribution >= 0.6 is 0 Å². The van der Waals surface area contributed by atoms with E-state index in [-0.39, 0.29) is 6.61 Å². The van der Waals surface area contributed by atoms with Gasteiger partial charge >= 0.3 is 0 Å². The van der Waals surface area contributed by atoms with Crippen LogP contribution < -0.4 is 10.6 Å². The summed E-state index contributed by atoms with van der Waals surface area (Å²) in [6.45, 7) is 19.2. The molecule has 1 aliphatic heterocycles. The number of aliphatic hydroxyl groups is 1. The van der Waals surface area contributed by atoms with Crippen LogP contribution in [0.1, 0.15) is 54.4 Å². The van der Waals surface area contributed by atoms with E-state index in [0.29, 0.717) is 0 Å². The molecule has 1 rings (SSSR count). The molecule has 0 aromatic heterocycles. The molecule has 0 spiro atoms. The van der Waals surface area contributed by atoms with E-state index in [1.165, 1.54) is 22.3 Å². The van der Waals surface area contributed by atoms with E-state index in [0.717, 1.165) is 43.9 Å². The molecule has 0 atom stereocenters. The van der Waals surface area contributed by atoms with Crippen LogP contribution in [-0.2, 0) is 0 Å². The average molecular weight is 374 g/mol. The summed E-state index contributed by atoms with van der Waals surface area (Å²) < 4.78 is 0. The summed E-state index contributed by atoms with van der Waals surface area (Å²) in [5, 5.41) is 15.2. The third kappa shape index (κ3) is 11.4. The smallest absolute Gasteiger partial charge is 0.0597 e. The van der Waals surface area contributed by atoms with Crippen molar-refractivity contribution in [1.29, 1.82) is 0 Å². The third-order valence-corrected chi connectivity index (χ3v) is 4.62. The first-order chi connectivity index (χ1) is 12.9. The van der Waals surface area contributed by atoms with Gasteiger partial charge in [-0.2, -0.15) is 0 Å². The Morgan fingerprint density at radius 2 is 1.85 bits per heavy atom. The molecule has 0 amide bonds. The number of hydrogen-bond acceptors (Lipinski definition) is 4. The first-order valence-electron chi connectivity index (χ1n) is 9.78. The van der Waals surface area contributed by atoms with Crippen LogP contribution in [0.3, 0.4) is 0 Å². The molecule has 0 aromatic rings. The Bertz CT molecular complexity index is 591. The second kappa shape index (κ2) is 15.2. The third-order valence-electron chi connectivity index (χ3n) is 4.62. The van der Waals surface area contributed by atoms with E-state index >= 15 is 0 Å². The Kier molecular flexibility index (Phi) is 14.1. The van der Waals surface area contributed by atoms with Gasteiger partial charge in [-0.1, -0.05) is 36.0 Å². The minimum Gasteiger partial charge on any atom is -0.396 e. The maximum atomic E-state index is 8.72. The highest BCUT2D eigenvalue weighted by atomic mass is 16.3. The zero-order valence-corrected chi connectivity index (χ0v) is 18.2. The van der Waals surface area contributed by atoms with E-state index in [1.807, 2.05) is 13.1 Å². The highest BCUT2D eigenvalue weighted by Crippen LogP contribution is 2.15. The Balaban J connectivity index is 0.000000713. The Labute approximate surface area is 166 Å². The van der Waals surface area contributed by atoms with Crippen LogP contribution in [0.4, 0.5) is 0 Å². The molecule has 0 radical (unpaired) electrons. The van der Waals surface area contributed by atoms with Crippen molar-refractivity contribution in [2.45, 2.75) is 54.4 Å². The molecule has 0 saturated heterocycles. The molecule has 4 heteroatoms. The van der Waals surface area contributed by atoms with Gasteiger partial charge in [0.05, 0.1) is 5.71 Å². The highest BCUT2D eigenvalue weighted by Gasteiger charge is 2.04. The molecule has 3 N–H and O–H groups in total. The largest absolute Gasteiger partial charge is 0.396 e. The lowest BCUT2D eigenvalue weighted by atomic mass is 10.0. The number of aliphatic hydroxyl groups excluding tert-OH is 1. The summed E-state index contributed by atoms with van der Waals surface area (Å²) in [5.41, 5.74) is 7.02. The van der Waals surface area contributed by atoms with Crippen molar-refractivity contribution in [2.24, 2.45) is 4.99 Å². The first-order valence-corrected chi connectivity index (χ1v) is 9.78. The van der Waals surface area contributed by atoms with E-state index in [2.05, 4.69) is 75.1 Å². The Morgan fingerprint density at radius 1 is 1.22 bits per heavy atom. The van der Waals surface area contributed by atoms with Crippen LogP contribution in [-0.4, -0.2) is 37.1 Å². The molecule has 0 fully saturated rings. The summed E-state index contributed by atoms with van der Waals surface area (Å²) in [5.74, 6) is 0. The van der Waals surface area contributed by atoms with Gasteiger partial charge in [-0.15, -0.1) is 0 Å². The molecular formula is C23H39N3O. The summed E-state index contributed by atoms with van der Waals surface area (Å²) in [4.78, 5) is 4.45. The van der Waals surface area contributed by atoms with Gasteiger partial charge in [-0.25, -0.2) is 0 Å². The molecule has 0 bridgehead atoms. The average Bonchev–Trinajstić information content (AvgIpc) is 2.71. The normalized spacial score (nSPS) is 16.3. The molecule has 1 aliphatic rings. The van der Waals surface area contributed by atoms with Crippen molar-refractivity contribution in [3.8, 4) is 0 Å². The number of allylic oxidation sites excluding steroid dienone is 6. The van der Waals surface area contributed by atoms with Gasteiger partial charge < -0.3 is 15.7 Å². The molecule has 0 saturated carbocycles. The lowest BCUT2D eigenvalue weighted by Gasteiger charge is -2.14. The highest BCUT2D eigenvalue weighted by molar-refractivity contribution is 5.97. The van der Waals surface area contributed by atoms with Crippen molar-refractivity contribution >= 4 is 5.71 Å². The van der Waals surface area contributed by atoms with Crippen LogP contribution in [0, 0.1) is 0 Å². The molecule has 0 aliphatic carbocycles. The predicted molar refractivity (Wildman–Crippen MR) is 120 cm³/mol. The molecule has 1 heterocycles. The van der Waals surface area contributed by atoms with Gasteiger partial charge in [-0.05, 0) is 72.1 Å². The lowest BCUT2D eigenvalue weighted by molar-refractivity contribution is 0.288. The topological polar surface area (TPSA) is 56.6 Å². The maximum absolute atomic E-state index is 8.72. The van der Waals surface area contributed by atoms with E-state index in [4.69, 9.17) is 5.11 Å². The van der Waals surface area contributed by atoms with Crippen molar-refractivity contribution in [1.82, 2.24) is 10.6 Å². The van der Waals surface area contributed by atoms with Gasteiger partial charge in [0.15, 0.2) is 0 Å². The van der Waals surface area contributed by atoms with Crippen LogP contribution in [0.25, 0.3) is 0 Å². The summed E-state index contributed by atoms with van der Waals surface area (Å²) >= 11 is 0. The van der Waals surface area contributed by atoms with Crippen LogP contribution in [0.5, 0.6) is 0 Å². The predicted octanol–water partition coefficient (Wildman–Crippen LogP) is 4.68. The van der Waals surface area contributed by atoms with Crippen molar-refractivity contribution in [3.63, 3.8) is 0 Å². The minimum absolute atomic E-state index is 0.192. The van der Waals surface area contributed by atoms with Gasteiger partial charge in [0.2, 0.25) is 0 Å². The van der Waals surface area contributed by atoms with Crippen LogP contribution in [0.15, 0.2) is 64.0 Å². The molecule has 0 aromatic carbocycles. The van der Waals surface area contributed by atoms with Crippen molar-refractivity contribution in [2.75, 3.05) is 26.2 Å². The number of aliphatic imine (C=N–C) groups is 1. The maximum Gasteiger partial charge on any atom is 0.0597 e. The van der Waals surface area contributed by atoms with Gasteiger partial charge in [0.25, 0.3) is 0 Å². The zero-order valence-electron chi connectivity index (χ0n) is 18.2. The Morgan fingerprint density at radius 3 is 2.33 bits per heavy atom. The summed E-state index contributed by atoms with van der Waals surface area (Å²) in [7, 11) is 0. The number of hydrogen-bond donors (Lipinski definition) is 3. The van der Waals surface area contributed by atoms with Crippen LogP contribution in [0.2, 0.25) is 0 Å². The standard InChI is InChI=1S/C15H25N3O.C8H14/c1-12(15-5-8-16-9-6-15)11-18-14(3)13(2)17-7-4-10-19;1-5-7(3)8(4)6-2/h5,11,16-17,19H,2,4,6-10H2,1,3H3;5-6H,1-4H3/b12-11+,18-14?;7-5-,8-6-. The molecule has 4 nitrogen and oxygen atoms in total. The van der Waals surface area contributed by atoms with Crippen molar-refractivity contribution in [3.05, 3.63) is 59.0 Å². The SMILES string of the molecule is C/C=C(C)\C(C)=C/C.C=C(NCCCO)C(C)=N/C=C(\C)C1=CCNCC1. The second-order valence-electron chi connectivity index (χ2n) is 6.64. The van der Waals surface area contributed by atoms with Gasteiger partial charge in [0.1, 0.15) is 0 Å². The molecular weight excluding hydrogens is 334 g/mol. The number of rotatable bonds is 8. The fourth-order valence-corrected chi connectivity index (χ4v) is 2.24. The second-order valence-corrected chi connectivity index (χ2v) is 6.64. The van der Waals surface area contributed by atoms with E-state index in [9.17, 15) is 0 Å². The van der Waals surface area contributed by atoms with Crippen molar-refractivity contribution < 1.29 is 5.11 Å². The van der Waals surface area contributed by atoms with E-state index < -0.39 is 0 Å². The first kappa shape index (κ1) is 25.1. The Hall–Kier alpha value is -1.91. The summed E-state index contributed by atoms with van der Waals surface area (Å²) in [6.07, 6.45) is 10.2. The molecule has 152 valence electrons. The van der Waals surface area contributed by atoms with Gasteiger partial charge in [-0.3, -0.25) is 4.99 Å². The fraction of sp³-hybridized carbons (Fsp3) is 0.522. The zero-order chi connectivity index (χ0) is 20.7. The monoisotopic (exact) mass is 373 g/mol. The number of nitrogens with zero attached hydrogens (tertiary/aromatic N) is 1. The molecule has 27 heavy (non-hydrogen) atoms. The van der Waals surface area contributed by atoms with E-state index in [1.54, 1.807) is 0 Å². The minimum atomic E-state index is 0.192. The number of nitrogens with one attached hydrogen (secondary N) is 2. The lowest BCUT2D eigenvalue weighted by Crippen LogP contribution is -2.21. The quantitative estimate of drug-likeness (QED) is 0.329. The van der Waals surface area contributed by atoms with Gasteiger partial charge in [0, 0.05) is 31.6 Å².